The first-order valence-corrected chi connectivity index (χ1v) is 10.8. The zero-order valence-electron chi connectivity index (χ0n) is 16.4. The summed E-state index contributed by atoms with van der Waals surface area (Å²) in [5.41, 5.74) is 2.66. The lowest BCUT2D eigenvalue weighted by Crippen LogP contribution is -2.42. The van der Waals surface area contributed by atoms with Gasteiger partial charge in [0.25, 0.3) is 0 Å². The fraction of sp³-hybridized carbons (Fsp3) is 0.435. The van der Waals surface area contributed by atoms with E-state index in [0.717, 1.165) is 37.9 Å². The van der Waals surface area contributed by atoms with Gasteiger partial charge in [0, 0.05) is 17.0 Å². The lowest BCUT2D eigenvalue weighted by atomic mass is 10.0. The molecule has 0 aromatic heterocycles. The molecule has 0 aliphatic rings. The van der Waals surface area contributed by atoms with E-state index in [-0.39, 0.29) is 12.1 Å². The molecule has 1 N–H and O–H groups in total. The van der Waals surface area contributed by atoms with Gasteiger partial charge < -0.3 is 10.1 Å². The van der Waals surface area contributed by atoms with Crippen LogP contribution in [-0.2, 0) is 16.9 Å². The number of unbranched alkanes of at least 4 members (excludes halogenated alkanes) is 1. The highest BCUT2D eigenvalue weighted by atomic mass is 32.2. The minimum absolute atomic E-state index is 0.120. The van der Waals surface area contributed by atoms with Crippen molar-refractivity contribution in [1.29, 1.82) is 0 Å². The lowest BCUT2D eigenvalue weighted by Gasteiger charge is -2.27. The molecule has 27 heavy (non-hydrogen) atoms. The number of aryl methyl sites for hydroxylation is 1. The maximum Gasteiger partial charge on any atom is 0.407 e. The van der Waals surface area contributed by atoms with E-state index in [1.165, 1.54) is 18.2 Å². The molecular formula is C23H31NO2S. The summed E-state index contributed by atoms with van der Waals surface area (Å²) in [7, 11) is 1.43. The van der Waals surface area contributed by atoms with E-state index < -0.39 is 0 Å². The minimum atomic E-state index is -0.332. The molecule has 0 saturated heterocycles. The smallest absolute Gasteiger partial charge is 0.407 e. The van der Waals surface area contributed by atoms with E-state index in [9.17, 15) is 4.79 Å². The molecule has 4 heteroatoms. The van der Waals surface area contributed by atoms with Crippen molar-refractivity contribution >= 4 is 17.9 Å². The highest BCUT2D eigenvalue weighted by Gasteiger charge is 2.24. The van der Waals surface area contributed by atoms with Crippen LogP contribution in [0.4, 0.5) is 4.79 Å². The molecule has 2 aromatic rings. The second-order valence-corrected chi connectivity index (χ2v) is 7.97. The summed E-state index contributed by atoms with van der Waals surface area (Å²) in [6.07, 6.45) is 4.91. The molecule has 0 saturated carbocycles. The topological polar surface area (TPSA) is 38.3 Å². The number of rotatable bonds is 11. The Kier molecular flexibility index (Phi) is 9.85. The first-order chi connectivity index (χ1) is 13.2. The van der Waals surface area contributed by atoms with Gasteiger partial charge in [0.15, 0.2) is 0 Å². The van der Waals surface area contributed by atoms with Gasteiger partial charge in [-0.05, 0) is 30.4 Å². The fourth-order valence-electron chi connectivity index (χ4n) is 3.12. The zero-order valence-corrected chi connectivity index (χ0v) is 17.2. The van der Waals surface area contributed by atoms with Gasteiger partial charge in [-0.2, -0.15) is 11.8 Å². The van der Waals surface area contributed by atoms with Gasteiger partial charge in [0.2, 0.25) is 0 Å². The molecule has 0 unspecified atom stereocenters. The average molecular weight is 386 g/mol. The first kappa shape index (κ1) is 21.4. The summed E-state index contributed by atoms with van der Waals surface area (Å²) in [6.45, 7) is 2.19. The number of nitrogens with one attached hydrogen (secondary N) is 1. The lowest BCUT2D eigenvalue weighted by molar-refractivity contribution is 0.165. The van der Waals surface area contributed by atoms with E-state index in [4.69, 9.17) is 4.74 Å². The van der Waals surface area contributed by atoms with Crippen LogP contribution in [0.1, 0.15) is 43.7 Å². The number of hydrogen-bond acceptors (Lipinski definition) is 3. The van der Waals surface area contributed by atoms with Gasteiger partial charge in [0.05, 0.1) is 7.11 Å². The van der Waals surface area contributed by atoms with E-state index in [2.05, 4.69) is 60.8 Å². The normalized spacial score (nSPS) is 13.0. The summed E-state index contributed by atoms with van der Waals surface area (Å²) in [5.74, 6) is 0.950. The molecule has 0 spiro atoms. The van der Waals surface area contributed by atoms with Gasteiger partial charge in [-0.3, -0.25) is 0 Å². The Hall–Kier alpha value is -1.94. The Labute approximate surface area is 167 Å². The molecule has 2 atom stereocenters. The monoisotopic (exact) mass is 385 g/mol. The highest BCUT2D eigenvalue weighted by molar-refractivity contribution is 7.99. The summed E-state index contributed by atoms with van der Waals surface area (Å²) in [5, 5.41) is 3.44. The van der Waals surface area contributed by atoms with Crippen molar-refractivity contribution in [3.8, 4) is 0 Å². The fourth-order valence-corrected chi connectivity index (χ4v) is 4.44. The third-order valence-corrected chi connectivity index (χ3v) is 6.17. The Balaban J connectivity index is 2.06. The van der Waals surface area contributed by atoms with Gasteiger partial charge in [-0.1, -0.05) is 80.4 Å². The molecule has 3 nitrogen and oxygen atoms in total. The van der Waals surface area contributed by atoms with Crippen molar-refractivity contribution in [2.75, 3.05) is 7.11 Å². The Bertz CT molecular complexity index is 604. The van der Waals surface area contributed by atoms with Crippen molar-refractivity contribution in [2.24, 2.45) is 0 Å². The predicted molar refractivity (Wildman–Crippen MR) is 115 cm³/mol. The molecule has 0 fully saturated rings. The number of alkyl carbamates (subject to hydrolysis) is 1. The SMILES string of the molecule is CCCC[C@@H](NC(=O)OC)[C@H](CCc1ccccc1)SCc1ccccc1. The third-order valence-electron chi connectivity index (χ3n) is 4.67. The summed E-state index contributed by atoms with van der Waals surface area (Å²) < 4.78 is 4.88. The quantitative estimate of drug-likeness (QED) is 0.528. The molecule has 2 rings (SSSR count). The second kappa shape index (κ2) is 12.4. The first-order valence-electron chi connectivity index (χ1n) is 9.76. The number of hydrogen-bond donors (Lipinski definition) is 1. The van der Waals surface area contributed by atoms with Crippen LogP contribution in [0.5, 0.6) is 0 Å². The van der Waals surface area contributed by atoms with E-state index in [1.807, 2.05) is 23.9 Å². The van der Waals surface area contributed by atoms with Crippen LogP contribution in [-0.4, -0.2) is 24.5 Å². The molecule has 0 bridgehead atoms. The van der Waals surface area contributed by atoms with Gasteiger partial charge in [0.1, 0.15) is 0 Å². The van der Waals surface area contributed by atoms with E-state index in [0.29, 0.717) is 5.25 Å². The zero-order chi connectivity index (χ0) is 19.3. The van der Waals surface area contributed by atoms with Crippen LogP contribution in [0, 0.1) is 0 Å². The van der Waals surface area contributed by atoms with Crippen LogP contribution >= 0.6 is 11.8 Å². The molecular weight excluding hydrogens is 354 g/mol. The van der Waals surface area contributed by atoms with Crippen molar-refractivity contribution in [2.45, 2.75) is 56.1 Å². The molecule has 2 aromatic carbocycles. The van der Waals surface area contributed by atoms with Gasteiger partial charge in [-0.15, -0.1) is 0 Å². The molecule has 1 amide bonds. The Morgan fingerprint density at radius 1 is 1.00 bits per heavy atom. The van der Waals surface area contributed by atoms with E-state index in [1.54, 1.807) is 0 Å². The second-order valence-electron chi connectivity index (χ2n) is 6.74. The van der Waals surface area contributed by atoms with Crippen LogP contribution in [0.3, 0.4) is 0 Å². The molecule has 0 radical (unpaired) electrons. The van der Waals surface area contributed by atoms with Crippen molar-refractivity contribution in [1.82, 2.24) is 5.32 Å². The van der Waals surface area contributed by atoms with Crippen LogP contribution in [0.2, 0.25) is 0 Å². The largest absolute Gasteiger partial charge is 0.453 e. The Morgan fingerprint density at radius 3 is 2.22 bits per heavy atom. The summed E-state index contributed by atoms with van der Waals surface area (Å²) >= 11 is 1.93. The number of carbonyl (C=O) groups is 1. The standard InChI is InChI=1S/C23H31NO2S/c1-3-4-15-21(24-23(25)26-2)22(17-16-19-11-7-5-8-12-19)27-18-20-13-9-6-10-14-20/h5-14,21-22H,3-4,15-18H2,1-2H3,(H,24,25)/t21-,22+/m1/s1. The number of ether oxygens (including phenoxy) is 1. The van der Waals surface area contributed by atoms with Gasteiger partial charge in [-0.25, -0.2) is 4.79 Å². The molecule has 0 aliphatic carbocycles. The van der Waals surface area contributed by atoms with Crippen LogP contribution in [0.15, 0.2) is 60.7 Å². The number of methoxy groups -OCH3 is 1. The summed E-state index contributed by atoms with van der Waals surface area (Å²) in [6, 6.07) is 21.2. The summed E-state index contributed by atoms with van der Waals surface area (Å²) in [4.78, 5) is 11.9. The van der Waals surface area contributed by atoms with Crippen LogP contribution < -0.4 is 5.32 Å². The number of amides is 1. The Morgan fingerprint density at radius 2 is 1.63 bits per heavy atom. The van der Waals surface area contributed by atoms with E-state index >= 15 is 0 Å². The molecule has 0 aliphatic heterocycles. The van der Waals surface area contributed by atoms with Gasteiger partial charge >= 0.3 is 6.09 Å². The van der Waals surface area contributed by atoms with Crippen molar-refractivity contribution < 1.29 is 9.53 Å². The minimum Gasteiger partial charge on any atom is -0.453 e. The average Bonchev–Trinajstić information content (AvgIpc) is 2.72. The van der Waals surface area contributed by atoms with Crippen molar-refractivity contribution in [3.63, 3.8) is 0 Å². The molecule has 0 heterocycles. The highest BCUT2D eigenvalue weighted by Crippen LogP contribution is 2.27. The van der Waals surface area contributed by atoms with Crippen LogP contribution in [0.25, 0.3) is 0 Å². The number of thioether (sulfide) groups is 1. The maximum absolute atomic E-state index is 11.9. The van der Waals surface area contributed by atoms with Crippen molar-refractivity contribution in [3.05, 3.63) is 71.8 Å². The number of benzene rings is 2. The third kappa shape index (κ3) is 8.08. The number of carbonyl (C=O) groups excluding carboxylic acids is 1. The maximum atomic E-state index is 11.9. The molecule has 146 valence electrons. The predicted octanol–water partition coefficient (Wildman–Crippen LogP) is 5.84.